The van der Waals surface area contributed by atoms with Gasteiger partial charge in [0.15, 0.2) is 44.0 Å². The van der Waals surface area contributed by atoms with Crippen LogP contribution in [0.25, 0.3) is 0 Å². The molecule has 0 bridgehead atoms. The van der Waals surface area contributed by atoms with E-state index >= 15 is 0 Å². The van der Waals surface area contributed by atoms with Gasteiger partial charge in [-0.15, -0.1) is 0 Å². The summed E-state index contributed by atoms with van der Waals surface area (Å²) in [6.45, 7) is -0.639. The van der Waals surface area contributed by atoms with Crippen molar-refractivity contribution in [2.75, 3.05) is 33.0 Å². The molecule has 1 aliphatic heterocycles. The molecule has 1 fully saturated rings. The fourth-order valence-electron chi connectivity index (χ4n) is 4.20. The van der Waals surface area contributed by atoms with E-state index in [1.54, 1.807) is 0 Å². The second kappa shape index (κ2) is 48.4. The highest BCUT2D eigenvalue weighted by molar-refractivity contribution is 5.58. The summed E-state index contributed by atoms with van der Waals surface area (Å²) in [5.41, 5.74) is 0. The molecule has 31 N–H and O–H groups in total. The second-order valence-corrected chi connectivity index (χ2v) is 15.9. The third-order valence-corrected chi connectivity index (χ3v) is 9.47. The van der Waals surface area contributed by atoms with Crippen LogP contribution in [0.3, 0.4) is 0 Å². The van der Waals surface area contributed by atoms with Crippen LogP contribution in [0.4, 0.5) is 0 Å². The predicted octanol–water partition coefficient (Wildman–Crippen LogP) is -20.2. The van der Waals surface area contributed by atoms with Crippen molar-refractivity contribution in [3.63, 3.8) is 0 Å². The Bertz CT molecular complexity index is 1350. The van der Waals surface area contributed by atoms with Gasteiger partial charge in [0.05, 0.1) is 45.2 Å². The molecular formula is C40H80O38. The summed E-state index contributed by atoms with van der Waals surface area (Å²) in [5, 5.41) is 270. The van der Waals surface area contributed by atoms with Gasteiger partial charge in [-0.2, -0.15) is 0 Å². The van der Waals surface area contributed by atoms with Gasteiger partial charge in [-0.3, -0.25) is 0 Å². The molecule has 0 radical (unpaired) electrons. The number of hydrogen-bond donors (Lipinski definition) is 31. The number of aldehydes is 6. The third kappa shape index (κ3) is 36.2. The van der Waals surface area contributed by atoms with Crippen LogP contribution < -0.4 is 0 Å². The van der Waals surface area contributed by atoms with Gasteiger partial charge in [-0.05, 0) is 13.8 Å². The van der Waals surface area contributed by atoms with Crippen molar-refractivity contribution in [2.45, 2.75) is 179 Å². The van der Waals surface area contributed by atoms with E-state index in [2.05, 4.69) is 4.74 Å². The summed E-state index contributed by atoms with van der Waals surface area (Å²) >= 11 is 0. The zero-order chi connectivity index (χ0) is 63.1. The van der Waals surface area contributed by atoms with Gasteiger partial charge >= 0.3 is 0 Å². The molecule has 27 atom stereocenters. The van der Waals surface area contributed by atoms with Gasteiger partial charge in [0.2, 0.25) is 0 Å². The first kappa shape index (κ1) is 86.0. The van der Waals surface area contributed by atoms with E-state index in [4.69, 9.17) is 158 Å². The fraction of sp³-hybridized carbons (Fsp3) is 0.850. The van der Waals surface area contributed by atoms with Gasteiger partial charge in [0.1, 0.15) is 146 Å². The Hall–Kier alpha value is -3.26. The molecule has 0 aromatic heterocycles. The lowest BCUT2D eigenvalue weighted by Crippen LogP contribution is -2.52. The normalized spacial score (nSPS) is 24.7. The molecule has 468 valence electrons. The maximum Gasteiger partial charge on any atom is 0.183 e. The largest absolute Gasteiger partial charge is 0.394 e. The molecule has 1 aliphatic rings. The molecule has 1 heterocycles. The molecule has 1 unspecified atom stereocenters. The van der Waals surface area contributed by atoms with Crippen LogP contribution in [0.5, 0.6) is 0 Å². The number of hydrogen-bond acceptors (Lipinski definition) is 38. The van der Waals surface area contributed by atoms with Crippen molar-refractivity contribution < 1.29 is 192 Å². The predicted molar refractivity (Wildman–Crippen MR) is 244 cm³/mol. The SMILES string of the molecule is C[C@H](O)[C@@H](O)[C@@H](O)[C@H](O)C=O.C[C@H](O)[C@H](O)[C@@H](O)[C@@H](O)C=O.O=C[C@@H](O)[C@@H](O)[C@H](O)[C@H](O)CO.O=C[C@@H](O)[C@H](O)[C@H](O)CO.O=C[C@H](O)[C@@H](O)[C@@H](O)[C@H](O)CO.O=C[C@H](O)[C@@H](O)[C@H](O)[C@H](O)CO.OC1OC[C@@H](O)[C@H](O)[C@H]1O. The summed E-state index contributed by atoms with van der Waals surface area (Å²) < 4.78 is 4.47. The van der Waals surface area contributed by atoms with E-state index in [9.17, 15) is 28.8 Å². The molecule has 0 spiro atoms. The zero-order valence-corrected chi connectivity index (χ0v) is 41.3. The Balaban J connectivity index is -0.000000194. The van der Waals surface area contributed by atoms with Crippen molar-refractivity contribution in [3.05, 3.63) is 0 Å². The Kier molecular flexibility index (Phi) is 53.4. The van der Waals surface area contributed by atoms with Gasteiger partial charge in [0.25, 0.3) is 0 Å². The summed E-state index contributed by atoms with van der Waals surface area (Å²) in [4.78, 5) is 59.2. The first-order chi connectivity index (χ1) is 35.9. The van der Waals surface area contributed by atoms with E-state index < -0.39 is 191 Å². The molecule has 0 aliphatic carbocycles. The summed E-state index contributed by atoms with van der Waals surface area (Å²) in [6.07, 6.45) is -42.1. The van der Waals surface area contributed by atoms with E-state index in [1.807, 2.05) is 0 Å². The highest BCUT2D eigenvalue weighted by Gasteiger charge is 2.37. The molecule has 0 saturated carbocycles. The summed E-state index contributed by atoms with van der Waals surface area (Å²) in [7, 11) is 0. The minimum absolute atomic E-state index is 0.0258. The smallest absolute Gasteiger partial charge is 0.183 e. The molecule has 1 rings (SSSR count). The van der Waals surface area contributed by atoms with Crippen LogP contribution in [-0.4, -0.2) is 394 Å². The number of carbonyl (C=O) groups excluding carboxylic acids is 6. The molecule has 0 aromatic carbocycles. The van der Waals surface area contributed by atoms with E-state index in [0.29, 0.717) is 0 Å². The summed E-state index contributed by atoms with van der Waals surface area (Å²) in [6, 6.07) is 0. The molecule has 0 aromatic rings. The number of aliphatic hydroxyl groups is 31. The minimum Gasteiger partial charge on any atom is -0.394 e. The lowest BCUT2D eigenvalue weighted by molar-refractivity contribution is -0.252. The standard InChI is InChI=1S/3C6H12O6.2C6H12O5.2C5H10O5/c3*7-1-3(9)5(11)6(12)4(10)2-8;2*1-3(8)5(10)6(11)4(9)2-7;6-2-1-10-5(9)4(8)3(2)7;6-1-3(8)5(10)4(9)2-7/h3*1,3-6,8-12H,2H2;2*2-6,8-11H,1H3;2-9H,1H2;1,3-5,7-10H,2H2/t3-,4+,5+,6+;3-,4+,5+,6-;3-,4-,5-,6-;3-,4+,5+,6-;3-,4-,5-,6-;2-,3+,4-,5?;3-,4-,5+/m0010011/s1. The quantitative estimate of drug-likeness (QED) is 0.0340. The van der Waals surface area contributed by atoms with Crippen LogP contribution in [0.15, 0.2) is 0 Å². The number of aliphatic hydroxyl groups excluding tert-OH is 31. The maximum atomic E-state index is 9.90. The Morgan fingerprint density at radius 3 is 0.692 bits per heavy atom. The highest BCUT2D eigenvalue weighted by atomic mass is 16.6. The first-order valence-corrected chi connectivity index (χ1v) is 22.0. The van der Waals surface area contributed by atoms with Gasteiger partial charge in [-0.25, -0.2) is 0 Å². The van der Waals surface area contributed by atoms with Crippen LogP contribution in [-0.2, 0) is 33.5 Å². The van der Waals surface area contributed by atoms with Crippen LogP contribution in [0.2, 0.25) is 0 Å². The van der Waals surface area contributed by atoms with E-state index in [1.165, 1.54) is 13.8 Å². The summed E-state index contributed by atoms with van der Waals surface area (Å²) in [5.74, 6) is 0. The van der Waals surface area contributed by atoms with Crippen molar-refractivity contribution in [1.82, 2.24) is 0 Å². The van der Waals surface area contributed by atoms with Gasteiger partial charge in [0, 0.05) is 0 Å². The fourth-order valence-corrected chi connectivity index (χ4v) is 4.20. The van der Waals surface area contributed by atoms with Gasteiger partial charge in [-0.1, -0.05) is 0 Å². The number of ether oxygens (including phenoxy) is 1. The highest BCUT2D eigenvalue weighted by Crippen LogP contribution is 2.13. The average Bonchev–Trinajstić information content (AvgIpc) is 3.45. The van der Waals surface area contributed by atoms with E-state index in [-0.39, 0.29) is 44.3 Å². The monoisotopic (exact) mass is 1170 g/mol. The van der Waals surface area contributed by atoms with Crippen molar-refractivity contribution in [1.29, 1.82) is 0 Å². The maximum absolute atomic E-state index is 9.90. The Morgan fingerprint density at radius 1 is 0.321 bits per heavy atom. The van der Waals surface area contributed by atoms with Crippen molar-refractivity contribution >= 4 is 37.7 Å². The molecule has 38 nitrogen and oxygen atoms in total. The molecule has 1 saturated heterocycles. The number of carbonyl (C=O) groups is 6. The molecule has 38 heteroatoms. The average molecular weight is 1170 g/mol. The lowest BCUT2D eigenvalue weighted by Gasteiger charge is -2.31. The molecule has 0 amide bonds. The second-order valence-electron chi connectivity index (χ2n) is 15.9. The van der Waals surface area contributed by atoms with E-state index in [0.717, 1.165) is 0 Å². The van der Waals surface area contributed by atoms with Crippen LogP contribution in [0, 0.1) is 0 Å². The number of rotatable bonds is 27. The first-order valence-electron chi connectivity index (χ1n) is 22.0. The molecule has 78 heavy (non-hydrogen) atoms. The minimum atomic E-state index is -1.79. The topological polar surface area (TPSA) is 739 Å². The third-order valence-electron chi connectivity index (χ3n) is 9.47. The Morgan fingerprint density at radius 2 is 0.513 bits per heavy atom. The Labute approximate surface area is 441 Å². The van der Waals surface area contributed by atoms with Crippen LogP contribution in [0.1, 0.15) is 13.8 Å². The zero-order valence-electron chi connectivity index (χ0n) is 41.3. The van der Waals surface area contributed by atoms with Crippen molar-refractivity contribution in [3.8, 4) is 0 Å². The van der Waals surface area contributed by atoms with Crippen molar-refractivity contribution in [2.24, 2.45) is 0 Å². The lowest BCUT2D eigenvalue weighted by atomic mass is 10.0. The molecular weight excluding hydrogens is 1090 g/mol. The van der Waals surface area contributed by atoms with Crippen LogP contribution >= 0.6 is 0 Å². The van der Waals surface area contributed by atoms with Gasteiger partial charge < -0.3 is 192 Å².